The number of aromatic nitrogens is 3. The van der Waals surface area contributed by atoms with E-state index in [1.165, 1.54) is 0 Å². The summed E-state index contributed by atoms with van der Waals surface area (Å²) < 4.78 is 3.96. The lowest BCUT2D eigenvalue weighted by Crippen LogP contribution is -2.13. The van der Waals surface area contributed by atoms with Crippen molar-refractivity contribution in [3.8, 4) is 0 Å². The first-order valence-corrected chi connectivity index (χ1v) is 6.21. The van der Waals surface area contributed by atoms with E-state index in [0.29, 0.717) is 27.8 Å². The van der Waals surface area contributed by atoms with Crippen LogP contribution in [0.4, 0.5) is 5.13 Å². The highest BCUT2D eigenvalue weighted by Gasteiger charge is 2.22. The van der Waals surface area contributed by atoms with Crippen LogP contribution in [0.25, 0.3) is 0 Å². The van der Waals surface area contributed by atoms with Gasteiger partial charge in [-0.15, -0.1) is 0 Å². The Bertz CT molecular complexity index is 659. The molecule has 0 spiro atoms. The van der Waals surface area contributed by atoms with Gasteiger partial charge in [-0.25, -0.2) is 9.78 Å². The molecule has 0 unspecified atom stereocenters. The number of H-pyrrole nitrogens is 1. The fourth-order valence-corrected chi connectivity index (χ4v) is 2.38. The molecule has 0 aliphatic carbocycles. The molecule has 0 aliphatic heterocycles. The van der Waals surface area contributed by atoms with Crippen molar-refractivity contribution in [3.63, 3.8) is 0 Å². The first kappa shape index (κ1) is 13.2. The SMILES string of the molecule is Cc1nsc(NC(=O)c2c(C)[nH]c(C(=O)O)c2C)n1. The van der Waals surface area contributed by atoms with E-state index in [4.69, 9.17) is 5.11 Å². The highest BCUT2D eigenvalue weighted by molar-refractivity contribution is 7.09. The minimum absolute atomic E-state index is 0.0242. The monoisotopic (exact) mass is 280 g/mol. The Hall–Kier alpha value is -2.22. The first-order valence-electron chi connectivity index (χ1n) is 5.44. The summed E-state index contributed by atoms with van der Waals surface area (Å²) in [6.45, 7) is 4.97. The van der Waals surface area contributed by atoms with Crippen LogP contribution in [-0.4, -0.2) is 31.3 Å². The molecule has 0 aromatic carbocycles. The third-order valence-corrected chi connectivity index (χ3v) is 3.35. The summed E-state index contributed by atoms with van der Waals surface area (Å²) in [5.41, 5.74) is 1.26. The highest BCUT2D eigenvalue weighted by Crippen LogP contribution is 2.20. The Balaban J connectivity index is 2.31. The van der Waals surface area contributed by atoms with Crippen LogP contribution >= 0.6 is 11.5 Å². The molecule has 19 heavy (non-hydrogen) atoms. The molecule has 2 heterocycles. The zero-order chi connectivity index (χ0) is 14.2. The maximum absolute atomic E-state index is 12.1. The Morgan fingerprint density at radius 1 is 1.32 bits per heavy atom. The third kappa shape index (κ3) is 2.48. The van der Waals surface area contributed by atoms with Crippen molar-refractivity contribution < 1.29 is 14.7 Å². The number of anilines is 1. The number of hydrogen-bond acceptors (Lipinski definition) is 5. The number of aromatic amines is 1. The molecule has 0 radical (unpaired) electrons. The van der Waals surface area contributed by atoms with Crippen molar-refractivity contribution >= 4 is 28.5 Å². The van der Waals surface area contributed by atoms with Gasteiger partial charge >= 0.3 is 5.97 Å². The zero-order valence-corrected chi connectivity index (χ0v) is 11.4. The van der Waals surface area contributed by atoms with Gasteiger partial charge in [0.25, 0.3) is 5.91 Å². The van der Waals surface area contributed by atoms with Crippen molar-refractivity contribution in [2.24, 2.45) is 0 Å². The van der Waals surface area contributed by atoms with E-state index in [1.807, 2.05) is 0 Å². The van der Waals surface area contributed by atoms with Gasteiger partial charge in [0.2, 0.25) is 5.13 Å². The predicted octanol–water partition coefficient (Wildman–Crippen LogP) is 1.74. The summed E-state index contributed by atoms with van der Waals surface area (Å²) in [4.78, 5) is 29.8. The molecule has 7 nitrogen and oxygen atoms in total. The van der Waals surface area contributed by atoms with Crippen LogP contribution in [0.3, 0.4) is 0 Å². The van der Waals surface area contributed by atoms with Crippen LogP contribution in [-0.2, 0) is 0 Å². The molecule has 2 aromatic rings. The molecule has 2 rings (SSSR count). The van der Waals surface area contributed by atoms with Crippen LogP contribution in [0.15, 0.2) is 0 Å². The molecule has 0 fully saturated rings. The van der Waals surface area contributed by atoms with Crippen LogP contribution in [0.5, 0.6) is 0 Å². The highest BCUT2D eigenvalue weighted by atomic mass is 32.1. The van der Waals surface area contributed by atoms with E-state index >= 15 is 0 Å². The Morgan fingerprint density at radius 3 is 2.47 bits per heavy atom. The number of carboxylic acids is 1. The lowest BCUT2D eigenvalue weighted by Gasteiger charge is -2.01. The summed E-state index contributed by atoms with van der Waals surface area (Å²) in [5, 5.41) is 12.0. The van der Waals surface area contributed by atoms with Crippen LogP contribution in [0.1, 0.15) is 37.9 Å². The normalized spacial score (nSPS) is 10.5. The minimum Gasteiger partial charge on any atom is -0.477 e. The van der Waals surface area contributed by atoms with Crippen molar-refractivity contribution in [2.75, 3.05) is 5.32 Å². The van der Waals surface area contributed by atoms with Gasteiger partial charge in [-0.3, -0.25) is 10.1 Å². The Kier molecular flexibility index (Phi) is 3.34. The van der Waals surface area contributed by atoms with Crippen LogP contribution in [0, 0.1) is 20.8 Å². The summed E-state index contributed by atoms with van der Waals surface area (Å²) in [7, 11) is 0. The van der Waals surface area contributed by atoms with E-state index < -0.39 is 11.9 Å². The summed E-state index contributed by atoms with van der Waals surface area (Å²) >= 11 is 1.08. The summed E-state index contributed by atoms with van der Waals surface area (Å²) in [6, 6.07) is 0. The van der Waals surface area contributed by atoms with Gasteiger partial charge in [0.15, 0.2) is 0 Å². The molecule has 2 aromatic heterocycles. The number of carbonyl (C=O) groups is 2. The molecular formula is C11H12N4O3S. The quantitative estimate of drug-likeness (QED) is 0.793. The summed E-state index contributed by atoms with van der Waals surface area (Å²) in [6.07, 6.45) is 0. The van der Waals surface area contributed by atoms with E-state index in [-0.39, 0.29) is 5.69 Å². The summed E-state index contributed by atoms with van der Waals surface area (Å²) in [5.74, 6) is -0.907. The molecule has 1 amide bonds. The van der Waals surface area contributed by atoms with Crippen molar-refractivity contribution in [1.29, 1.82) is 0 Å². The fraction of sp³-hybridized carbons (Fsp3) is 0.273. The first-order chi connectivity index (χ1) is 8.90. The maximum atomic E-state index is 12.1. The number of nitrogens with zero attached hydrogens (tertiary/aromatic N) is 2. The van der Waals surface area contributed by atoms with E-state index in [2.05, 4.69) is 19.7 Å². The average Bonchev–Trinajstić information content (AvgIpc) is 2.83. The Morgan fingerprint density at radius 2 is 2.00 bits per heavy atom. The van der Waals surface area contributed by atoms with Crippen molar-refractivity contribution in [1.82, 2.24) is 14.3 Å². The second kappa shape index (κ2) is 4.81. The molecule has 0 aliphatic rings. The Labute approximate surface area is 112 Å². The fourth-order valence-electron chi connectivity index (χ4n) is 1.81. The van der Waals surface area contributed by atoms with Crippen LogP contribution < -0.4 is 5.32 Å². The number of carbonyl (C=O) groups excluding carboxylic acids is 1. The van der Waals surface area contributed by atoms with Gasteiger partial charge in [-0.1, -0.05) is 0 Å². The minimum atomic E-state index is -1.09. The largest absolute Gasteiger partial charge is 0.477 e. The number of amides is 1. The van der Waals surface area contributed by atoms with Gasteiger partial charge in [0.05, 0.1) is 5.56 Å². The van der Waals surface area contributed by atoms with Gasteiger partial charge < -0.3 is 10.1 Å². The van der Waals surface area contributed by atoms with Gasteiger partial charge in [0.1, 0.15) is 11.5 Å². The molecule has 8 heteroatoms. The van der Waals surface area contributed by atoms with E-state index in [1.54, 1.807) is 20.8 Å². The number of carboxylic acid groups (broad SMARTS) is 1. The smallest absolute Gasteiger partial charge is 0.352 e. The molecule has 0 saturated carbocycles. The molecule has 0 saturated heterocycles. The number of rotatable bonds is 3. The van der Waals surface area contributed by atoms with Gasteiger partial charge in [0, 0.05) is 17.2 Å². The van der Waals surface area contributed by atoms with Gasteiger partial charge in [-0.2, -0.15) is 4.37 Å². The average molecular weight is 280 g/mol. The van der Waals surface area contributed by atoms with Crippen LogP contribution in [0.2, 0.25) is 0 Å². The standard InChI is InChI=1S/C11H12N4O3S/c1-4-7(5(2)12-8(4)10(17)18)9(16)14-11-13-6(3)15-19-11/h12H,1-3H3,(H,17,18)(H,13,14,15,16). The topological polar surface area (TPSA) is 108 Å². The van der Waals surface area contributed by atoms with Crippen molar-refractivity contribution in [3.05, 3.63) is 28.3 Å². The lowest BCUT2D eigenvalue weighted by molar-refractivity contribution is 0.0690. The number of hydrogen-bond donors (Lipinski definition) is 3. The third-order valence-electron chi connectivity index (χ3n) is 2.63. The molecule has 0 atom stereocenters. The van der Waals surface area contributed by atoms with Crippen molar-refractivity contribution in [2.45, 2.75) is 20.8 Å². The molecular weight excluding hydrogens is 268 g/mol. The molecule has 3 N–H and O–H groups in total. The predicted molar refractivity (Wildman–Crippen MR) is 69.8 cm³/mol. The molecule has 100 valence electrons. The number of aromatic carboxylic acids is 1. The second-order valence-corrected chi connectivity index (χ2v) is 4.78. The van der Waals surface area contributed by atoms with Gasteiger partial charge in [-0.05, 0) is 26.3 Å². The molecule has 0 bridgehead atoms. The maximum Gasteiger partial charge on any atom is 0.352 e. The number of nitrogens with one attached hydrogen (secondary N) is 2. The second-order valence-electron chi connectivity index (χ2n) is 4.03. The lowest BCUT2D eigenvalue weighted by atomic mass is 10.1. The van der Waals surface area contributed by atoms with E-state index in [9.17, 15) is 9.59 Å². The number of aryl methyl sites for hydroxylation is 2. The van der Waals surface area contributed by atoms with E-state index in [0.717, 1.165) is 11.5 Å². The zero-order valence-electron chi connectivity index (χ0n) is 10.6.